The maximum absolute atomic E-state index is 5.40. The van der Waals surface area contributed by atoms with Gasteiger partial charge in [0.2, 0.25) is 0 Å². The van der Waals surface area contributed by atoms with E-state index in [4.69, 9.17) is 14.5 Å². The van der Waals surface area contributed by atoms with Crippen LogP contribution >= 0.6 is 0 Å². The van der Waals surface area contributed by atoms with E-state index in [2.05, 4.69) is 56.1 Å². The summed E-state index contributed by atoms with van der Waals surface area (Å²) < 4.78 is 10.7. The highest BCUT2D eigenvalue weighted by Gasteiger charge is 2.43. The van der Waals surface area contributed by atoms with Crippen LogP contribution in [-0.4, -0.2) is 51.5 Å². The molecule has 2 aromatic rings. The number of likely N-dealkylation sites (tertiary alicyclic amines) is 1. The van der Waals surface area contributed by atoms with E-state index < -0.39 is 0 Å². The highest BCUT2D eigenvalue weighted by molar-refractivity contribution is 5.80. The lowest BCUT2D eigenvalue weighted by Crippen LogP contribution is -2.51. The minimum Gasteiger partial charge on any atom is -0.493 e. The molecular weight excluding hydrogens is 360 g/mol. The molecule has 0 amide bonds. The Hall–Kier alpha value is -2.33. The van der Waals surface area contributed by atoms with Gasteiger partial charge in [0.1, 0.15) is 0 Å². The second-order valence-corrected chi connectivity index (χ2v) is 8.32. The Morgan fingerprint density at radius 1 is 1.07 bits per heavy atom. The molecule has 3 rings (SSSR count). The summed E-state index contributed by atoms with van der Waals surface area (Å²) in [6.07, 6.45) is 4.17. The number of nitrogens with zero attached hydrogens (tertiary/aromatic N) is 2. The zero-order valence-corrected chi connectivity index (χ0v) is 18.4. The van der Waals surface area contributed by atoms with Crippen LogP contribution in [0.5, 0.6) is 11.5 Å². The van der Waals surface area contributed by atoms with Crippen LogP contribution in [0.15, 0.2) is 53.5 Å². The summed E-state index contributed by atoms with van der Waals surface area (Å²) in [6, 6.07) is 17.5. The Balaban J connectivity index is 1.77. The third-order valence-corrected chi connectivity index (χ3v) is 6.60. The van der Waals surface area contributed by atoms with Crippen molar-refractivity contribution in [2.24, 2.45) is 10.9 Å². The normalized spacial score (nSPS) is 25.3. The van der Waals surface area contributed by atoms with Crippen molar-refractivity contribution >= 4 is 6.21 Å². The van der Waals surface area contributed by atoms with Crippen molar-refractivity contribution in [2.45, 2.75) is 38.1 Å². The van der Waals surface area contributed by atoms with E-state index in [1.54, 1.807) is 14.2 Å². The molecule has 0 bridgehead atoms. The molecule has 4 nitrogen and oxygen atoms in total. The Morgan fingerprint density at radius 3 is 2.48 bits per heavy atom. The van der Waals surface area contributed by atoms with Gasteiger partial charge in [-0.2, -0.15) is 0 Å². The van der Waals surface area contributed by atoms with Gasteiger partial charge in [-0.25, -0.2) is 0 Å². The molecule has 0 unspecified atom stereocenters. The molecule has 1 aliphatic heterocycles. The van der Waals surface area contributed by atoms with Gasteiger partial charge in [-0.1, -0.05) is 37.3 Å². The van der Waals surface area contributed by atoms with Gasteiger partial charge >= 0.3 is 0 Å². The Bertz CT molecular complexity index is 821. The number of methoxy groups -OCH3 is 2. The van der Waals surface area contributed by atoms with Crippen LogP contribution in [-0.2, 0) is 5.41 Å². The van der Waals surface area contributed by atoms with Crippen molar-refractivity contribution in [1.29, 1.82) is 0 Å². The number of hydrogen-bond acceptors (Lipinski definition) is 4. The van der Waals surface area contributed by atoms with Crippen LogP contribution in [0.25, 0.3) is 0 Å². The van der Waals surface area contributed by atoms with Crippen LogP contribution in [0.2, 0.25) is 0 Å². The van der Waals surface area contributed by atoms with Gasteiger partial charge in [0.25, 0.3) is 0 Å². The molecule has 1 fully saturated rings. The van der Waals surface area contributed by atoms with Gasteiger partial charge in [0, 0.05) is 30.8 Å². The van der Waals surface area contributed by atoms with E-state index in [0.29, 0.717) is 12.0 Å². The Kier molecular flexibility index (Phi) is 6.96. The molecule has 0 N–H and O–H groups in total. The number of aliphatic imine (C=N–C) groups is 1. The van der Waals surface area contributed by atoms with Gasteiger partial charge in [-0.3, -0.25) is 4.99 Å². The van der Waals surface area contributed by atoms with Crippen molar-refractivity contribution in [3.8, 4) is 11.5 Å². The first-order valence-corrected chi connectivity index (χ1v) is 10.5. The number of piperidine rings is 1. The number of hydrogen-bond donors (Lipinski definition) is 0. The average molecular weight is 395 g/mol. The van der Waals surface area contributed by atoms with E-state index in [1.165, 1.54) is 12.0 Å². The summed E-state index contributed by atoms with van der Waals surface area (Å²) in [5.74, 6) is 2.05. The number of benzene rings is 2. The maximum Gasteiger partial charge on any atom is 0.161 e. The molecule has 0 aliphatic carbocycles. The molecule has 0 aromatic heterocycles. The summed E-state index contributed by atoms with van der Waals surface area (Å²) >= 11 is 0. The quantitative estimate of drug-likeness (QED) is 0.632. The van der Waals surface area contributed by atoms with E-state index in [1.807, 2.05) is 24.4 Å². The van der Waals surface area contributed by atoms with E-state index in [0.717, 1.165) is 36.6 Å². The van der Waals surface area contributed by atoms with Crippen LogP contribution in [0.3, 0.4) is 0 Å². The molecule has 1 saturated heterocycles. The van der Waals surface area contributed by atoms with Crippen molar-refractivity contribution in [3.63, 3.8) is 0 Å². The smallest absolute Gasteiger partial charge is 0.161 e. The predicted octanol–water partition coefficient (Wildman–Crippen LogP) is 4.81. The third kappa shape index (κ3) is 4.64. The highest BCUT2D eigenvalue weighted by Crippen LogP contribution is 2.44. The maximum atomic E-state index is 5.40. The van der Waals surface area contributed by atoms with E-state index in [-0.39, 0.29) is 5.41 Å². The molecular formula is C25H34N2O2. The number of ether oxygens (including phenoxy) is 2. The van der Waals surface area contributed by atoms with Crippen molar-refractivity contribution in [2.75, 3.05) is 34.4 Å². The summed E-state index contributed by atoms with van der Waals surface area (Å²) in [4.78, 5) is 7.27. The van der Waals surface area contributed by atoms with Gasteiger partial charge in [-0.15, -0.1) is 0 Å². The molecule has 156 valence electrons. The second-order valence-electron chi connectivity index (χ2n) is 8.32. The molecule has 3 atom stereocenters. The molecule has 0 spiro atoms. The molecule has 1 aliphatic rings. The molecule has 1 heterocycles. The first-order valence-electron chi connectivity index (χ1n) is 10.5. The zero-order chi connectivity index (χ0) is 20.9. The van der Waals surface area contributed by atoms with E-state index in [9.17, 15) is 0 Å². The van der Waals surface area contributed by atoms with Crippen molar-refractivity contribution in [3.05, 3.63) is 59.7 Å². The largest absolute Gasteiger partial charge is 0.493 e. The fourth-order valence-electron chi connectivity index (χ4n) is 4.70. The Labute approximate surface area is 175 Å². The minimum atomic E-state index is 0.169. The summed E-state index contributed by atoms with van der Waals surface area (Å²) in [5.41, 5.74) is 2.65. The van der Waals surface area contributed by atoms with Crippen LogP contribution in [0.1, 0.15) is 37.8 Å². The molecule has 4 heteroatoms. The molecule has 0 radical (unpaired) electrons. The first kappa shape index (κ1) is 21.4. The van der Waals surface area contributed by atoms with Crippen LogP contribution < -0.4 is 9.47 Å². The zero-order valence-electron chi connectivity index (χ0n) is 18.4. The molecule has 0 saturated carbocycles. The molecule has 29 heavy (non-hydrogen) atoms. The summed E-state index contributed by atoms with van der Waals surface area (Å²) in [7, 11) is 5.55. The summed E-state index contributed by atoms with van der Waals surface area (Å²) in [5, 5.41) is 0. The lowest BCUT2D eigenvalue weighted by atomic mass is 9.63. The van der Waals surface area contributed by atoms with Gasteiger partial charge in [0.05, 0.1) is 14.2 Å². The standard InChI is InChI=1S/C25H34N2O2/c1-19-18-27(3)20(2)16-25(19,22-9-7-6-8-10-22)13-14-26-17-21-11-12-23(28-4)24(15-21)29-5/h6-12,15,17,19-20H,13-14,16,18H2,1-5H3/t19-,20+,25-/m0/s1. The van der Waals surface area contributed by atoms with Crippen LogP contribution in [0, 0.1) is 5.92 Å². The predicted molar refractivity (Wildman–Crippen MR) is 121 cm³/mol. The van der Waals surface area contributed by atoms with Gasteiger partial charge in [0.15, 0.2) is 11.5 Å². The lowest BCUT2D eigenvalue weighted by Gasteiger charge is -2.49. The summed E-state index contributed by atoms with van der Waals surface area (Å²) in [6.45, 7) is 6.67. The third-order valence-electron chi connectivity index (χ3n) is 6.60. The fraction of sp³-hybridized carbons (Fsp3) is 0.480. The lowest BCUT2D eigenvalue weighted by molar-refractivity contribution is 0.0705. The molecule has 2 aromatic carbocycles. The fourth-order valence-corrected chi connectivity index (χ4v) is 4.70. The Morgan fingerprint density at radius 2 is 1.79 bits per heavy atom. The van der Waals surface area contributed by atoms with Crippen molar-refractivity contribution < 1.29 is 9.47 Å². The topological polar surface area (TPSA) is 34.1 Å². The van der Waals surface area contributed by atoms with Crippen molar-refractivity contribution in [1.82, 2.24) is 4.90 Å². The van der Waals surface area contributed by atoms with Gasteiger partial charge < -0.3 is 14.4 Å². The SMILES string of the molecule is COc1ccc(C=NCC[C@]2(c3ccccc3)C[C@@H](C)N(C)C[C@@H]2C)cc1OC. The monoisotopic (exact) mass is 394 g/mol. The second kappa shape index (κ2) is 9.45. The van der Waals surface area contributed by atoms with Gasteiger partial charge in [-0.05, 0) is 62.1 Å². The average Bonchev–Trinajstić information content (AvgIpc) is 2.75. The highest BCUT2D eigenvalue weighted by atomic mass is 16.5. The van der Waals surface area contributed by atoms with E-state index >= 15 is 0 Å². The first-order chi connectivity index (χ1) is 14.0. The van der Waals surface area contributed by atoms with Crippen LogP contribution in [0.4, 0.5) is 0 Å². The minimum absolute atomic E-state index is 0.169. The number of rotatable bonds is 7.